The van der Waals surface area contributed by atoms with Gasteiger partial charge in [0.05, 0.1) is 0 Å². The summed E-state index contributed by atoms with van der Waals surface area (Å²) < 4.78 is 0. The number of benzene rings is 1. The van der Waals surface area contributed by atoms with Crippen LogP contribution in [0.25, 0.3) is 0 Å². The molecule has 1 nitrogen and oxygen atoms in total. The van der Waals surface area contributed by atoms with Crippen molar-refractivity contribution in [2.75, 3.05) is 11.6 Å². The molecule has 1 aliphatic rings. The molecule has 0 amide bonds. The molecule has 0 bridgehead atoms. The molecule has 2 atom stereocenters. The van der Waals surface area contributed by atoms with Crippen LogP contribution in [0.4, 0.5) is 5.69 Å². The standard InChI is InChI=1S/C14H21NS/c1-11-5-3-8-14(11)15-13-7-4-6-12(9-13)10-16-2/h4,6-7,9,11,14-15H,3,5,8,10H2,1-2H3. The Balaban J connectivity index is 2.00. The van der Waals surface area contributed by atoms with E-state index in [9.17, 15) is 0 Å². The second-order valence-corrected chi connectivity index (χ2v) is 5.66. The summed E-state index contributed by atoms with van der Waals surface area (Å²) in [5.41, 5.74) is 2.72. The summed E-state index contributed by atoms with van der Waals surface area (Å²) in [5, 5.41) is 3.68. The number of anilines is 1. The molecule has 0 heterocycles. The molecule has 1 aromatic rings. The van der Waals surface area contributed by atoms with E-state index in [-0.39, 0.29) is 0 Å². The molecule has 1 fully saturated rings. The van der Waals surface area contributed by atoms with Gasteiger partial charge >= 0.3 is 0 Å². The first-order valence-electron chi connectivity index (χ1n) is 6.14. The maximum absolute atomic E-state index is 3.68. The number of hydrogen-bond acceptors (Lipinski definition) is 2. The number of rotatable bonds is 4. The molecule has 2 unspecified atom stereocenters. The molecule has 0 radical (unpaired) electrons. The summed E-state index contributed by atoms with van der Waals surface area (Å²) in [6.07, 6.45) is 6.23. The van der Waals surface area contributed by atoms with E-state index in [0.29, 0.717) is 6.04 Å². The predicted molar refractivity (Wildman–Crippen MR) is 74.1 cm³/mol. The number of hydrogen-bond donors (Lipinski definition) is 1. The third kappa shape index (κ3) is 2.94. The van der Waals surface area contributed by atoms with Gasteiger partial charge in [-0.25, -0.2) is 0 Å². The Kier molecular flexibility index (Phi) is 4.16. The van der Waals surface area contributed by atoms with Crippen molar-refractivity contribution < 1.29 is 0 Å². The first-order chi connectivity index (χ1) is 7.79. The van der Waals surface area contributed by atoms with Crippen LogP contribution in [0.3, 0.4) is 0 Å². The summed E-state index contributed by atoms with van der Waals surface area (Å²) >= 11 is 1.88. The molecule has 88 valence electrons. The zero-order valence-electron chi connectivity index (χ0n) is 10.2. The maximum atomic E-state index is 3.68. The quantitative estimate of drug-likeness (QED) is 0.841. The Labute approximate surface area is 103 Å². The van der Waals surface area contributed by atoms with Crippen LogP contribution < -0.4 is 5.32 Å². The lowest BCUT2D eigenvalue weighted by atomic mass is 10.1. The highest BCUT2D eigenvalue weighted by atomic mass is 32.2. The largest absolute Gasteiger partial charge is 0.382 e. The minimum absolute atomic E-state index is 0.685. The average molecular weight is 235 g/mol. The molecule has 1 aromatic carbocycles. The summed E-state index contributed by atoms with van der Waals surface area (Å²) in [4.78, 5) is 0. The molecule has 2 heteroatoms. The molecule has 1 saturated carbocycles. The number of thioether (sulfide) groups is 1. The highest BCUT2D eigenvalue weighted by Gasteiger charge is 2.22. The summed E-state index contributed by atoms with van der Waals surface area (Å²) in [7, 11) is 0. The van der Waals surface area contributed by atoms with E-state index < -0.39 is 0 Å². The first-order valence-corrected chi connectivity index (χ1v) is 7.53. The van der Waals surface area contributed by atoms with Crippen molar-refractivity contribution in [1.29, 1.82) is 0 Å². The van der Waals surface area contributed by atoms with Crippen LogP contribution in [0.1, 0.15) is 31.7 Å². The fourth-order valence-corrected chi connectivity index (χ4v) is 3.00. The van der Waals surface area contributed by atoms with Crippen LogP contribution >= 0.6 is 11.8 Å². The molecule has 0 aliphatic heterocycles. The third-order valence-electron chi connectivity index (χ3n) is 3.45. The van der Waals surface area contributed by atoms with E-state index in [1.165, 1.54) is 30.5 Å². The van der Waals surface area contributed by atoms with E-state index in [0.717, 1.165) is 11.7 Å². The molecule has 1 N–H and O–H groups in total. The van der Waals surface area contributed by atoms with Crippen LogP contribution in [0.5, 0.6) is 0 Å². The summed E-state index contributed by atoms with van der Waals surface area (Å²) in [6, 6.07) is 9.54. The van der Waals surface area contributed by atoms with Crippen LogP contribution in [0.15, 0.2) is 24.3 Å². The minimum atomic E-state index is 0.685. The molecule has 1 aliphatic carbocycles. The van der Waals surface area contributed by atoms with Gasteiger partial charge in [0.2, 0.25) is 0 Å². The van der Waals surface area contributed by atoms with Crippen molar-refractivity contribution in [2.24, 2.45) is 5.92 Å². The van der Waals surface area contributed by atoms with E-state index in [4.69, 9.17) is 0 Å². The maximum Gasteiger partial charge on any atom is 0.0345 e. The van der Waals surface area contributed by atoms with Crippen LogP contribution in [-0.4, -0.2) is 12.3 Å². The van der Waals surface area contributed by atoms with Crippen LogP contribution in [0, 0.1) is 5.92 Å². The Morgan fingerprint density at radius 2 is 2.25 bits per heavy atom. The van der Waals surface area contributed by atoms with E-state index in [1.807, 2.05) is 11.8 Å². The molecule has 2 rings (SSSR count). The van der Waals surface area contributed by atoms with Crippen molar-refractivity contribution in [3.63, 3.8) is 0 Å². The average Bonchev–Trinajstić information content (AvgIpc) is 2.66. The third-order valence-corrected chi connectivity index (χ3v) is 4.07. The van der Waals surface area contributed by atoms with Gasteiger partial charge in [0.25, 0.3) is 0 Å². The van der Waals surface area contributed by atoms with Crippen molar-refractivity contribution in [3.05, 3.63) is 29.8 Å². The van der Waals surface area contributed by atoms with Crippen molar-refractivity contribution >= 4 is 17.4 Å². The zero-order valence-corrected chi connectivity index (χ0v) is 11.0. The summed E-state index contributed by atoms with van der Waals surface area (Å²) in [5.74, 6) is 1.93. The van der Waals surface area contributed by atoms with Gasteiger partial charge in [0.1, 0.15) is 0 Å². The highest BCUT2D eigenvalue weighted by Crippen LogP contribution is 2.28. The van der Waals surface area contributed by atoms with Gasteiger partial charge in [-0.05, 0) is 42.7 Å². The van der Waals surface area contributed by atoms with Gasteiger partial charge in [0.15, 0.2) is 0 Å². The summed E-state index contributed by atoms with van der Waals surface area (Å²) in [6.45, 7) is 2.36. The van der Waals surface area contributed by atoms with Gasteiger partial charge < -0.3 is 5.32 Å². The normalized spacial score (nSPS) is 24.6. The van der Waals surface area contributed by atoms with Crippen LogP contribution in [-0.2, 0) is 5.75 Å². The number of nitrogens with one attached hydrogen (secondary N) is 1. The topological polar surface area (TPSA) is 12.0 Å². The van der Waals surface area contributed by atoms with Gasteiger partial charge in [-0.15, -0.1) is 0 Å². The lowest BCUT2D eigenvalue weighted by molar-refractivity contribution is 0.556. The molecule has 0 spiro atoms. The smallest absolute Gasteiger partial charge is 0.0345 e. The van der Waals surface area contributed by atoms with E-state index in [1.54, 1.807) is 0 Å². The van der Waals surface area contributed by atoms with Crippen molar-refractivity contribution in [2.45, 2.75) is 38.0 Å². The second-order valence-electron chi connectivity index (χ2n) is 4.79. The second kappa shape index (κ2) is 5.62. The molecular weight excluding hydrogens is 214 g/mol. The van der Waals surface area contributed by atoms with E-state index >= 15 is 0 Å². The Hall–Kier alpha value is -0.630. The first kappa shape index (κ1) is 11.8. The molecule has 0 aromatic heterocycles. The Morgan fingerprint density at radius 3 is 2.94 bits per heavy atom. The molecule has 16 heavy (non-hydrogen) atoms. The van der Waals surface area contributed by atoms with E-state index in [2.05, 4.69) is 42.8 Å². The lowest BCUT2D eigenvalue weighted by Gasteiger charge is -2.19. The monoisotopic (exact) mass is 235 g/mol. The van der Waals surface area contributed by atoms with Gasteiger partial charge in [0, 0.05) is 17.5 Å². The zero-order chi connectivity index (χ0) is 11.4. The predicted octanol–water partition coefficient (Wildman–Crippen LogP) is 4.15. The molecule has 0 saturated heterocycles. The Bertz CT molecular complexity index is 337. The lowest BCUT2D eigenvalue weighted by Crippen LogP contribution is -2.21. The minimum Gasteiger partial charge on any atom is -0.382 e. The van der Waals surface area contributed by atoms with Gasteiger partial charge in [-0.2, -0.15) is 11.8 Å². The molecular formula is C14H21NS. The SMILES string of the molecule is CSCc1cccc(NC2CCCC2C)c1. The Morgan fingerprint density at radius 1 is 1.38 bits per heavy atom. The van der Waals surface area contributed by atoms with Gasteiger partial charge in [-0.3, -0.25) is 0 Å². The van der Waals surface area contributed by atoms with Crippen molar-refractivity contribution in [1.82, 2.24) is 0 Å². The van der Waals surface area contributed by atoms with Crippen LogP contribution in [0.2, 0.25) is 0 Å². The highest BCUT2D eigenvalue weighted by molar-refractivity contribution is 7.97. The van der Waals surface area contributed by atoms with Gasteiger partial charge in [-0.1, -0.05) is 25.5 Å². The fourth-order valence-electron chi connectivity index (χ4n) is 2.49. The fraction of sp³-hybridized carbons (Fsp3) is 0.571. The van der Waals surface area contributed by atoms with Crippen molar-refractivity contribution in [3.8, 4) is 0 Å².